The van der Waals surface area contributed by atoms with Crippen molar-refractivity contribution in [3.63, 3.8) is 0 Å². The van der Waals surface area contributed by atoms with Crippen LogP contribution in [0.1, 0.15) is 23.6 Å². The van der Waals surface area contributed by atoms with E-state index in [9.17, 15) is 9.90 Å². The second-order valence-corrected chi connectivity index (χ2v) is 5.96. The van der Waals surface area contributed by atoms with Crippen molar-refractivity contribution >= 4 is 5.91 Å². The molecule has 0 bridgehead atoms. The fraction of sp³-hybridized carbons (Fsp3) is 0.500. The van der Waals surface area contributed by atoms with E-state index in [0.29, 0.717) is 32.4 Å². The first-order valence-corrected chi connectivity index (χ1v) is 7.74. The molecule has 0 unspecified atom stereocenters. The Labute approximate surface area is 134 Å². The van der Waals surface area contributed by atoms with Crippen molar-refractivity contribution in [1.82, 2.24) is 20.0 Å². The number of nitrogens with zero attached hydrogens (tertiary/aromatic N) is 4. The van der Waals surface area contributed by atoms with Gasteiger partial charge in [0.25, 0.3) is 0 Å². The van der Waals surface area contributed by atoms with Crippen molar-refractivity contribution in [3.8, 4) is 0 Å². The number of hydrogen-bond acceptors (Lipinski definition) is 6. The van der Waals surface area contributed by atoms with E-state index in [1.807, 2.05) is 13.0 Å². The third-order valence-corrected chi connectivity index (χ3v) is 4.11. The van der Waals surface area contributed by atoms with E-state index in [1.54, 1.807) is 23.5 Å². The van der Waals surface area contributed by atoms with Crippen molar-refractivity contribution in [2.75, 3.05) is 13.1 Å². The summed E-state index contributed by atoms with van der Waals surface area (Å²) in [6, 6.07) is 1.87. The molecule has 1 aliphatic rings. The fourth-order valence-corrected chi connectivity index (χ4v) is 2.88. The number of amides is 1. The standard InChI is InChI=1S/C16H20N4O3/c1-11-6-14(23-19-11)7-12-9-20(10-15(12)21)16(22)3-2-13-8-17-4-5-18-13/h4-6,8,12,15,21H,2-3,7,9-10H2,1H3/t12-,15-/m1/s1. The molecule has 0 aliphatic carbocycles. The highest BCUT2D eigenvalue weighted by Gasteiger charge is 2.34. The Balaban J connectivity index is 1.52. The lowest BCUT2D eigenvalue weighted by Crippen LogP contribution is -2.29. The molecule has 7 nitrogen and oxygen atoms in total. The summed E-state index contributed by atoms with van der Waals surface area (Å²) in [4.78, 5) is 22.2. The molecule has 122 valence electrons. The first-order valence-electron chi connectivity index (χ1n) is 7.74. The van der Waals surface area contributed by atoms with Gasteiger partial charge in [0.05, 0.1) is 17.5 Å². The highest BCUT2D eigenvalue weighted by molar-refractivity contribution is 5.76. The molecule has 7 heteroatoms. The van der Waals surface area contributed by atoms with Gasteiger partial charge in [-0.25, -0.2) is 0 Å². The van der Waals surface area contributed by atoms with Gasteiger partial charge in [0, 0.05) is 56.5 Å². The van der Waals surface area contributed by atoms with Crippen molar-refractivity contribution in [2.45, 2.75) is 32.3 Å². The van der Waals surface area contributed by atoms with Crippen LogP contribution in [-0.4, -0.2) is 50.2 Å². The molecular weight excluding hydrogens is 296 g/mol. The van der Waals surface area contributed by atoms with Gasteiger partial charge in [-0.1, -0.05) is 5.16 Å². The van der Waals surface area contributed by atoms with Gasteiger partial charge in [-0.3, -0.25) is 14.8 Å². The van der Waals surface area contributed by atoms with Crippen LogP contribution in [0.15, 0.2) is 29.2 Å². The number of β-amino-alcohol motifs (C(OH)–C–C–N with tert-alkyl or cyclic N) is 1. The van der Waals surface area contributed by atoms with Crippen LogP contribution in [0, 0.1) is 12.8 Å². The zero-order valence-electron chi connectivity index (χ0n) is 13.1. The van der Waals surface area contributed by atoms with Crippen LogP contribution in [0.2, 0.25) is 0 Å². The molecular formula is C16H20N4O3. The topological polar surface area (TPSA) is 92.4 Å². The lowest BCUT2D eigenvalue weighted by molar-refractivity contribution is -0.130. The van der Waals surface area contributed by atoms with Crippen molar-refractivity contribution in [2.24, 2.45) is 5.92 Å². The molecule has 0 saturated carbocycles. The van der Waals surface area contributed by atoms with Crippen LogP contribution >= 0.6 is 0 Å². The number of carbonyl (C=O) groups is 1. The van der Waals surface area contributed by atoms with Gasteiger partial charge in [0.2, 0.25) is 5.91 Å². The Bertz CT molecular complexity index is 658. The van der Waals surface area contributed by atoms with Crippen LogP contribution in [-0.2, 0) is 17.6 Å². The Morgan fingerprint density at radius 2 is 2.30 bits per heavy atom. The molecule has 0 aromatic carbocycles. The summed E-state index contributed by atoms with van der Waals surface area (Å²) in [7, 11) is 0. The molecule has 1 saturated heterocycles. The van der Waals surface area contributed by atoms with Gasteiger partial charge in [-0.15, -0.1) is 0 Å². The largest absolute Gasteiger partial charge is 0.391 e. The smallest absolute Gasteiger partial charge is 0.223 e. The van der Waals surface area contributed by atoms with Crippen LogP contribution in [0.25, 0.3) is 0 Å². The SMILES string of the molecule is Cc1cc(C[C@@H]2CN(C(=O)CCc3cnccn3)C[C@H]2O)on1. The molecule has 1 fully saturated rings. The van der Waals surface area contributed by atoms with Crippen LogP contribution in [0.3, 0.4) is 0 Å². The summed E-state index contributed by atoms with van der Waals surface area (Å²) in [6.07, 6.45) is 5.90. The summed E-state index contributed by atoms with van der Waals surface area (Å²) in [5.74, 6) is 0.772. The number of aliphatic hydroxyl groups is 1. The summed E-state index contributed by atoms with van der Waals surface area (Å²) >= 11 is 0. The van der Waals surface area contributed by atoms with Gasteiger partial charge in [0.15, 0.2) is 0 Å². The van der Waals surface area contributed by atoms with E-state index in [-0.39, 0.29) is 11.8 Å². The monoisotopic (exact) mass is 316 g/mol. The van der Waals surface area contributed by atoms with E-state index in [0.717, 1.165) is 17.1 Å². The van der Waals surface area contributed by atoms with Crippen molar-refractivity contribution in [3.05, 3.63) is 41.8 Å². The molecule has 1 N–H and O–H groups in total. The number of aromatic nitrogens is 3. The minimum absolute atomic E-state index is 0.0113. The molecule has 3 rings (SSSR count). The highest BCUT2D eigenvalue weighted by atomic mass is 16.5. The summed E-state index contributed by atoms with van der Waals surface area (Å²) < 4.78 is 5.20. The molecule has 2 atom stereocenters. The first-order chi connectivity index (χ1) is 11.1. The number of aliphatic hydroxyl groups excluding tert-OH is 1. The third kappa shape index (κ3) is 3.92. The van der Waals surface area contributed by atoms with Gasteiger partial charge in [0.1, 0.15) is 5.76 Å². The van der Waals surface area contributed by atoms with Crippen LogP contribution < -0.4 is 0 Å². The van der Waals surface area contributed by atoms with Gasteiger partial charge in [-0.2, -0.15) is 0 Å². The molecule has 1 aliphatic heterocycles. The quantitative estimate of drug-likeness (QED) is 0.876. The fourth-order valence-electron chi connectivity index (χ4n) is 2.88. The van der Waals surface area contributed by atoms with E-state index in [4.69, 9.17) is 4.52 Å². The normalized spacial score (nSPS) is 20.9. The molecule has 0 radical (unpaired) electrons. The van der Waals surface area contributed by atoms with Crippen molar-refractivity contribution in [1.29, 1.82) is 0 Å². The Morgan fingerprint density at radius 3 is 3.00 bits per heavy atom. The van der Waals surface area contributed by atoms with Gasteiger partial charge < -0.3 is 14.5 Å². The average Bonchev–Trinajstić information content (AvgIpc) is 3.13. The maximum Gasteiger partial charge on any atom is 0.223 e. The second kappa shape index (κ2) is 6.87. The number of rotatable bonds is 5. The molecule has 2 aromatic heterocycles. The maximum absolute atomic E-state index is 12.3. The number of carbonyl (C=O) groups excluding carboxylic acids is 1. The summed E-state index contributed by atoms with van der Waals surface area (Å²) in [5, 5.41) is 14.0. The zero-order chi connectivity index (χ0) is 16.2. The minimum atomic E-state index is -0.527. The molecule has 1 amide bonds. The third-order valence-electron chi connectivity index (χ3n) is 4.11. The predicted octanol–water partition coefficient (Wildman–Crippen LogP) is 0.768. The number of aryl methyl sites for hydroxylation is 2. The molecule has 2 aromatic rings. The second-order valence-electron chi connectivity index (χ2n) is 5.96. The van der Waals surface area contributed by atoms with E-state index >= 15 is 0 Å². The van der Waals surface area contributed by atoms with E-state index < -0.39 is 6.10 Å². The average molecular weight is 316 g/mol. The Kier molecular flexibility index (Phi) is 4.66. The molecule has 23 heavy (non-hydrogen) atoms. The van der Waals surface area contributed by atoms with Gasteiger partial charge >= 0.3 is 0 Å². The predicted molar refractivity (Wildman–Crippen MR) is 81.4 cm³/mol. The molecule has 0 spiro atoms. The van der Waals surface area contributed by atoms with Crippen LogP contribution in [0.5, 0.6) is 0 Å². The number of likely N-dealkylation sites (tertiary alicyclic amines) is 1. The Morgan fingerprint density at radius 1 is 1.43 bits per heavy atom. The minimum Gasteiger partial charge on any atom is -0.391 e. The van der Waals surface area contributed by atoms with E-state index in [2.05, 4.69) is 15.1 Å². The zero-order valence-corrected chi connectivity index (χ0v) is 13.1. The maximum atomic E-state index is 12.3. The lowest BCUT2D eigenvalue weighted by atomic mass is 10.0. The Hall–Kier alpha value is -2.28. The van der Waals surface area contributed by atoms with Gasteiger partial charge in [-0.05, 0) is 13.3 Å². The van der Waals surface area contributed by atoms with E-state index in [1.165, 1.54) is 0 Å². The first kappa shape index (κ1) is 15.6. The van der Waals surface area contributed by atoms with Crippen LogP contribution in [0.4, 0.5) is 0 Å². The molecule has 3 heterocycles. The number of hydrogen-bond donors (Lipinski definition) is 1. The summed E-state index contributed by atoms with van der Waals surface area (Å²) in [6.45, 7) is 2.78. The lowest BCUT2D eigenvalue weighted by Gasteiger charge is -2.15. The highest BCUT2D eigenvalue weighted by Crippen LogP contribution is 2.22. The van der Waals surface area contributed by atoms with Crippen molar-refractivity contribution < 1.29 is 14.4 Å². The summed E-state index contributed by atoms with van der Waals surface area (Å²) in [5.41, 5.74) is 1.62.